The van der Waals surface area contributed by atoms with Crippen molar-refractivity contribution in [2.75, 3.05) is 51.0 Å². The van der Waals surface area contributed by atoms with Gasteiger partial charge in [0.2, 0.25) is 0 Å². The first-order valence-electron chi connectivity index (χ1n) is 9.19. The Kier molecular flexibility index (Phi) is 6.40. The van der Waals surface area contributed by atoms with Crippen molar-refractivity contribution < 1.29 is 9.16 Å². The van der Waals surface area contributed by atoms with Gasteiger partial charge in [-0.15, -0.1) is 0 Å². The number of anilines is 2. The monoisotopic (exact) mass is 365 g/mol. The van der Waals surface area contributed by atoms with Crippen molar-refractivity contribution in [2.45, 2.75) is 40.0 Å². The van der Waals surface area contributed by atoms with Crippen LogP contribution in [-0.2, 0) is 4.43 Å². The van der Waals surface area contributed by atoms with Gasteiger partial charge in [-0.1, -0.05) is 20.8 Å². The van der Waals surface area contributed by atoms with Crippen LogP contribution in [0.15, 0.2) is 12.1 Å². The molecule has 142 valence electrons. The minimum absolute atomic E-state index is 0.000370. The topological polar surface area (TPSA) is 51.0 Å². The average molecular weight is 366 g/mol. The van der Waals surface area contributed by atoms with Crippen molar-refractivity contribution in [1.82, 2.24) is 4.90 Å². The summed E-state index contributed by atoms with van der Waals surface area (Å²) in [4.78, 5) is 4.81. The summed E-state index contributed by atoms with van der Waals surface area (Å²) in [6, 6.07) is 4.17. The number of hydrogen-bond acceptors (Lipinski definition) is 5. The van der Waals surface area contributed by atoms with Gasteiger partial charge in [-0.2, -0.15) is 0 Å². The fourth-order valence-corrected chi connectivity index (χ4v) is 4.43. The first-order valence-corrected chi connectivity index (χ1v) is 12.0. The van der Waals surface area contributed by atoms with Gasteiger partial charge in [-0.05, 0) is 31.6 Å². The molecular formula is C19H35N3O2Si. The summed E-state index contributed by atoms with van der Waals surface area (Å²) in [7, 11) is 2.65. The Bertz CT molecular complexity index is 579. The summed E-state index contributed by atoms with van der Waals surface area (Å²) in [5, 5.41) is 0. The molecule has 1 aliphatic rings. The van der Waals surface area contributed by atoms with Crippen molar-refractivity contribution in [2.24, 2.45) is 5.41 Å². The van der Waals surface area contributed by atoms with E-state index in [0.717, 1.165) is 31.9 Å². The molecule has 2 rings (SSSR count). The molecule has 6 heteroatoms. The van der Waals surface area contributed by atoms with E-state index in [1.165, 1.54) is 11.3 Å². The lowest BCUT2D eigenvalue weighted by molar-refractivity contribution is 0.0868. The quantitative estimate of drug-likeness (QED) is 0.642. The van der Waals surface area contributed by atoms with Gasteiger partial charge < -0.3 is 24.7 Å². The van der Waals surface area contributed by atoms with Gasteiger partial charge in [0.25, 0.3) is 0 Å². The Hall–Kier alpha value is -1.24. The van der Waals surface area contributed by atoms with Crippen LogP contribution in [0.5, 0.6) is 5.75 Å². The van der Waals surface area contributed by atoms with Crippen LogP contribution >= 0.6 is 0 Å². The third-order valence-corrected chi connectivity index (χ3v) is 5.52. The lowest BCUT2D eigenvalue weighted by Crippen LogP contribution is -2.45. The summed E-state index contributed by atoms with van der Waals surface area (Å²) in [6.07, 6.45) is 0.0297. The summed E-state index contributed by atoms with van der Waals surface area (Å²) in [5.41, 5.74) is 9.34. The molecular weight excluding hydrogens is 330 g/mol. The van der Waals surface area contributed by atoms with Crippen molar-refractivity contribution >= 4 is 20.4 Å². The number of likely N-dealkylation sites (N-methyl/N-ethyl adjacent to an activating group) is 1. The highest BCUT2D eigenvalue weighted by Crippen LogP contribution is 2.44. The fourth-order valence-electron chi connectivity index (χ4n) is 3.33. The van der Waals surface area contributed by atoms with E-state index in [4.69, 9.17) is 14.9 Å². The van der Waals surface area contributed by atoms with E-state index in [2.05, 4.69) is 62.8 Å². The molecule has 1 heterocycles. The molecule has 1 unspecified atom stereocenters. The van der Waals surface area contributed by atoms with E-state index in [9.17, 15) is 0 Å². The minimum atomic E-state index is -1.21. The van der Waals surface area contributed by atoms with Gasteiger partial charge in [-0.3, -0.25) is 0 Å². The molecule has 1 aromatic rings. The van der Waals surface area contributed by atoms with E-state index in [1.54, 1.807) is 7.11 Å². The van der Waals surface area contributed by atoms with Crippen molar-refractivity contribution in [1.29, 1.82) is 0 Å². The number of nitrogen functional groups attached to an aromatic ring is 1. The number of nitrogens with two attached hydrogens (primary N) is 1. The number of piperazine rings is 1. The molecule has 0 bridgehead atoms. The van der Waals surface area contributed by atoms with Crippen LogP contribution in [-0.4, -0.2) is 54.3 Å². The Morgan fingerprint density at radius 2 is 1.72 bits per heavy atom. The van der Waals surface area contributed by atoms with Crippen LogP contribution < -0.4 is 15.4 Å². The minimum Gasteiger partial charge on any atom is -0.495 e. The molecule has 25 heavy (non-hydrogen) atoms. The van der Waals surface area contributed by atoms with E-state index < -0.39 is 9.04 Å². The van der Waals surface area contributed by atoms with Crippen LogP contribution in [0.25, 0.3) is 0 Å². The molecule has 0 saturated carbocycles. The normalized spacial score (nSPS) is 17.8. The molecule has 2 N–H and O–H groups in total. The van der Waals surface area contributed by atoms with Crippen molar-refractivity contribution in [3.63, 3.8) is 0 Å². The van der Waals surface area contributed by atoms with E-state index in [1.807, 2.05) is 0 Å². The maximum Gasteiger partial charge on any atom is 0.171 e. The van der Waals surface area contributed by atoms with Crippen LogP contribution in [0.4, 0.5) is 11.4 Å². The van der Waals surface area contributed by atoms with Crippen LogP contribution in [0.1, 0.15) is 32.4 Å². The molecule has 1 aromatic carbocycles. The summed E-state index contributed by atoms with van der Waals surface area (Å²) in [6.45, 7) is 15.3. The molecule has 1 aliphatic heterocycles. The van der Waals surface area contributed by atoms with E-state index >= 15 is 0 Å². The van der Waals surface area contributed by atoms with E-state index in [0.29, 0.717) is 5.69 Å². The second kappa shape index (κ2) is 7.97. The number of nitrogens with zero attached hydrogens (tertiary/aromatic N) is 2. The molecule has 1 saturated heterocycles. The maximum absolute atomic E-state index is 6.49. The first-order chi connectivity index (χ1) is 11.6. The lowest BCUT2D eigenvalue weighted by Gasteiger charge is -2.39. The zero-order valence-electron chi connectivity index (χ0n) is 16.9. The van der Waals surface area contributed by atoms with Gasteiger partial charge in [-0.25, -0.2) is 0 Å². The molecule has 1 fully saturated rings. The second-order valence-corrected chi connectivity index (χ2v) is 10.7. The molecule has 1 atom stereocenters. The van der Waals surface area contributed by atoms with Crippen molar-refractivity contribution in [3.8, 4) is 5.75 Å². The van der Waals surface area contributed by atoms with Crippen LogP contribution in [0.2, 0.25) is 13.1 Å². The number of rotatable bonds is 5. The maximum atomic E-state index is 6.49. The summed E-state index contributed by atoms with van der Waals surface area (Å²) in [5.74, 6) is 0.743. The Morgan fingerprint density at radius 1 is 1.12 bits per heavy atom. The predicted octanol–water partition coefficient (Wildman–Crippen LogP) is 3.12. The van der Waals surface area contributed by atoms with Crippen LogP contribution in [0.3, 0.4) is 0 Å². The van der Waals surface area contributed by atoms with Gasteiger partial charge in [0.05, 0.1) is 18.9 Å². The van der Waals surface area contributed by atoms with Gasteiger partial charge in [0.15, 0.2) is 9.04 Å². The first kappa shape index (κ1) is 20.1. The molecule has 0 spiro atoms. The number of benzene rings is 1. The molecule has 0 radical (unpaired) electrons. The summed E-state index contributed by atoms with van der Waals surface area (Å²) < 4.78 is 12.0. The van der Waals surface area contributed by atoms with Crippen LogP contribution in [0, 0.1) is 5.41 Å². The number of hydrogen-bond donors (Lipinski definition) is 1. The highest BCUT2D eigenvalue weighted by molar-refractivity contribution is 6.48. The Labute approximate surface area is 154 Å². The number of ether oxygens (including phenoxy) is 1. The van der Waals surface area contributed by atoms with Gasteiger partial charge in [0.1, 0.15) is 5.75 Å². The molecule has 5 nitrogen and oxygen atoms in total. The molecule has 0 aliphatic carbocycles. The third kappa shape index (κ3) is 4.89. The zero-order chi connectivity index (χ0) is 18.8. The van der Waals surface area contributed by atoms with Gasteiger partial charge >= 0.3 is 0 Å². The highest BCUT2D eigenvalue weighted by Gasteiger charge is 2.32. The molecule has 0 amide bonds. The largest absolute Gasteiger partial charge is 0.495 e. The fraction of sp³-hybridized carbons (Fsp3) is 0.684. The lowest BCUT2D eigenvalue weighted by atomic mass is 9.83. The summed E-state index contributed by atoms with van der Waals surface area (Å²) >= 11 is 0. The van der Waals surface area contributed by atoms with Crippen molar-refractivity contribution in [3.05, 3.63) is 17.7 Å². The second-order valence-electron chi connectivity index (χ2n) is 8.37. The zero-order valence-corrected chi connectivity index (χ0v) is 18.1. The number of methoxy groups -OCH3 is 1. The Morgan fingerprint density at radius 3 is 2.20 bits per heavy atom. The standard InChI is InChI=1S/C19H35N3O2Si/c1-19(2,3)18(24-25(6)7)14-12-15(20)17(23-5)13-16(14)22-10-8-21(4)9-11-22/h12-13,18,25H,8-11,20H2,1-7H3. The average Bonchev–Trinajstić information content (AvgIpc) is 2.52. The van der Waals surface area contributed by atoms with Gasteiger partial charge in [0, 0.05) is 43.5 Å². The predicted molar refractivity (Wildman–Crippen MR) is 109 cm³/mol. The van der Waals surface area contributed by atoms with E-state index in [-0.39, 0.29) is 11.5 Å². The highest BCUT2D eigenvalue weighted by atomic mass is 28.3. The molecule has 0 aromatic heterocycles. The third-order valence-electron chi connectivity index (χ3n) is 4.70. The SMILES string of the molecule is COc1cc(N2CCN(C)CC2)c(C(O[SiH](C)C)C(C)(C)C)cc1N. The Balaban J connectivity index is 2.51. The smallest absolute Gasteiger partial charge is 0.171 e.